The van der Waals surface area contributed by atoms with Crippen molar-refractivity contribution in [2.45, 2.75) is 55.6 Å². The van der Waals surface area contributed by atoms with Gasteiger partial charge < -0.3 is 10.0 Å². The minimum atomic E-state index is -3.75. The molecule has 0 radical (unpaired) electrons. The molecule has 0 aromatic heterocycles. The SMILES string of the molecule is CNS(=O)(=O)c1ccc(N2CCC[C@@H]2[C@@H]2CCCC[C@@H]2O)c([N+](=O)[O-])c1. The average Bonchev–Trinajstić information content (AvgIpc) is 3.10. The van der Waals surface area contributed by atoms with Crippen LogP contribution in [0, 0.1) is 16.0 Å². The highest BCUT2D eigenvalue weighted by Crippen LogP contribution is 2.40. The van der Waals surface area contributed by atoms with Crippen molar-refractivity contribution in [2.75, 3.05) is 18.5 Å². The first kappa shape index (κ1) is 19.1. The predicted octanol–water partition coefficient (Wildman–Crippen LogP) is 2.02. The highest BCUT2D eigenvalue weighted by molar-refractivity contribution is 7.89. The van der Waals surface area contributed by atoms with Gasteiger partial charge >= 0.3 is 0 Å². The number of nitrogens with one attached hydrogen (secondary N) is 1. The first-order valence-corrected chi connectivity index (χ1v) is 10.5. The van der Waals surface area contributed by atoms with Crippen molar-refractivity contribution in [2.24, 2.45) is 5.92 Å². The quantitative estimate of drug-likeness (QED) is 0.594. The number of nitro benzene ring substituents is 1. The summed E-state index contributed by atoms with van der Waals surface area (Å²) in [5.74, 6) is 0.103. The minimum absolute atomic E-state index is 0.0516. The van der Waals surface area contributed by atoms with Gasteiger partial charge in [-0.15, -0.1) is 0 Å². The van der Waals surface area contributed by atoms with E-state index in [1.165, 1.54) is 19.2 Å². The maximum atomic E-state index is 12.0. The molecule has 1 aliphatic heterocycles. The first-order valence-electron chi connectivity index (χ1n) is 9.02. The highest BCUT2D eigenvalue weighted by atomic mass is 32.2. The monoisotopic (exact) mass is 383 g/mol. The Hall–Kier alpha value is -1.71. The molecule has 1 heterocycles. The zero-order valence-corrected chi connectivity index (χ0v) is 15.6. The van der Waals surface area contributed by atoms with E-state index in [-0.39, 0.29) is 28.6 Å². The molecule has 9 heteroatoms. The fraction of sp³-hybridized carbons (Fsp3) is 0.647. The number of aliphatic hydroxyl groups excluding tert-OH is 1. The van der Waals surface area contributed by atoms with Crippen LogP contribution in [-0.2, 0) is 10.0 Å². The molecule has 3 atom stereocenters. The van der Waals surface area contributed by atoms with Gasteiger partial charge in [0.25, 0.3) is 5.69 Å². The van der Waals surface area contributed by atoms with Crippen LogP contribution in [0.15, 0.2) is 23.1 Å². The second-order valence-corrected chi connectivity index (χ2v) is 8.92. The average molecular weight is 383 g/mol. The largest absolute Gasteiger partial charge is 0.393 e. The Kier molecular flexibility index (Phi) is 5.50. The number of benzene rings is 1. The van der Waals surface area contributed by atoms with Crippen molar-refractivity contribution in [1.29, 1.82) is 0 Å². The summed E-state index contributed by atoms with van der Waals surface area (Å²) < 4.78 is 26.1. The van der Waals surface area contributed by atoms with Crippen molar-refractivity contribution in [3.63, 3.8) is 0 Å². The fourth-order valence-corrected chi connectivity index (χ4v) is 5.05. The van der Waals surface area contributed by atoms with Crippen molar-refractivity contribution in [1.82, 2.24) is 4.72 Å². The van der Waals surface area contributed by atoms with Crippen LogP contribution >= 0.6 is 0 Å². The third-order valence-electron chi connectivity index (χ3n) is 5.61. The van der Waals surface area contributed by atoms with E-state index in [1.807, 2.05) is 4.90 Å². The molecule has 1 aliphatic carbocycles. The molecule has 2 fully saturated rings. The minimum Gasteiger partial charge on any atom is -0.393 e. The van der Waals surface area contributed by atoms with Gasteiger partial charge in [-0.25, -0.2) is 13.1 Å². The van der Waals surface area contributed by atoms with Crippen molar-refractivity contribution >= 4 is 21.4 Å². The van der Waals surface area contributed by atoms with Crippen LogP contribution in [0.25, 0.3) is 0 Å². The van der Waals surface area contributed by atoms with Gasteiger partial charge in [-0.05, 0) is 44.9 Å². The summed E-state index contributed by atoms with van der Waals surface area (Å²) in [6, 6.07) is 4.10. The zero-order valence-electron chi connectivity index (χ0n) is 14.8. The molecule has 144 valence electrons. The Morgan fingerprint density at radius 1 is 1.23 bits per heavy atom. The smallest absolute Gasteiger partial charge is 0.293 e. The Labute approximate surface area is 153 Å². The molecule has 1 saturated carbocycles. The Morgan fingerprint density at radius 3 is 2.62 bits per heavy atom. The molecule has 0 amide bonds. The molecule has 2 aliphatic rings. The second-order valence-electron chi connectivity index (χ2n) is 7.03. The maximum absolute atomic E-state index is 12.0. The summed E-state index contributed by atoms with van der Waals surface area (Å²) in [5, 5.41) is 22.0. The molecule has 1 saturated heterocycles. The molecular formula is C17H25N3O5S. The number of sulfonamides is 1. The van der Waals surface area contributed by atoms with Gasteiger partial charge in [-0.1, -0.05) is 12.8 Å². The number of anilines is 1. The third-order valence-corrected chi connectivity index (χ3v) is 7.02. The van der Waals surface area contributed by atoms with Gasteiger partial charge in [-0.2, -0.15) is 0 Å². The lowest BCUT2D eigenvalue weighted by Gasteiger charge is -2.38. The second kappa shape index (κ2) is 7.50. The lowest BCUT2D eigenvalue weighted by atomic mass is 9.80. The third kappa shape index (κ3) is 3.56. The summed E-state index contributed by atoms with van der Waals surface area (Å²) in [7, 11) is -2.48. The molecule has 3 rings (SSSR count). The normalized spacial score (nSPS) is 26.8. The highest BCUT2D eigenvalue weighted by Gasteiger charge is 2.39. The van der Waals surface area contributed by atoms with E-state index in [4.69, 9.17) is 0 Å². The van der Waals surface area contributed by atoms with Gasteiger partial charge in [0, 0.05) is 24.6 Å². The summed E-state index contributed by atoms with van der Waals surface area (Å²) in [6.07, 6.45) is 5.18. The van der Waals surface area contributed by atoms with Gasteiger partial charge in [0.15, 0.2) is 0 Å². The van der Waals surface area contributed by atoms with Gasteiger partial charge in [0.1, 0.15) is 5.69 Å². The fourth-order valence-electron chi connectivity index (χ4n) is 4.30. The van der Waals surface area contributed by atoms with E-state index < -0.39 is 14.9 Å². The van der Waals surface area contributed by atoms with Crippen LogP contribution in [0.4, 0.5) is 11.4 Å². The van der Waals surface area contributed by atoms with Crippen molar-refractivity contribution in [3.8, 4) is 0 Å². The van der Waals surface area contributed by atoms with Crippen LogP contribution < -0.4 is 9.62 Å². The maximum Gasteiger partial charge on any atom is 0.293 e. The van der Waals surface area contributed by atoms with Crippen LogP contribution in [0.3, 0.4) is 0 Å². The van der Waals surface area contributed by atoms with Gasteiger partial charge in [0.05, 0.1) is 15.9 Å². The molecule has 8 nitrogen and oxygen atoms in total. The lowest BCUT2D eigenvalue weighted by Crippen LogP contribution is -2.43. The Morgan fingerprint density at radius 2 is 1.96 bits per heavy atom. The number of rotatable bonds is 5. The number of nitrogens with zero attached hydrogens (tertiary/aromatic N) is 2. The number of hydrogen-bond acceptors (Lipinski definition) is 6. The van der Waals surface area contributed by atoms with Crippen LogP contribution in [0.1, 0.15) is 38.5 Å². The molecule has 0 bridgehead atoms. The van der Waals surface area contributed by atoms with E-state index in [0.717, 1.165) is 44.6 Å². The number of nitro groups is 1. The topological polar surface area (TPSA) is 113 Å². The predicted molar refractivity (Wildman–Crippen MR) is 97.7 cm³/mol. The van der Waals surface area contributed by atoms with Gasteiger partial charge in [0.2, 0.25) is 10.0 Å². The van der Waals surface area contributed by atoms with Crippen LogP contribution in [-0.4, -0.2) is 44.2 Å². The summed E-state index contributed by atoms with van der Waals surface area (Å²) >= 11 is 0. The van der Waals surface area contributed by atoms with Crippen molar-refractivity contribution in [3.05, 3.63) is 28.3 Å². The Balaban J connectivity index is 1.98. The number of hydrogen-bond donors (Lipinski definition) is 2. The molecule has 0 spiro atoms. The van der Waals surface area contributed by atoms with Crippen LogP contribution in [0.2, 0.25) is 0 Å². The zero-order chi connectivity index (χ0) is 18.9. The Bertz CT molecular complexity index is 783. The molecule has 26 heavy (non-hydrogen) atoms. The number of aliphatic hydroxyl groups is 1. The first-order chi connectivity index (χ1) is 12.3. The van der Waals surface area contributed by atoms with E-state index >= 15 is 0 Å². The van der Waals surface area contributed by atoms with E-state index in [0.29, 0.717) is 12.2 Å². The summed E-state index contributed by atoms with van der Waals surface area (Å²) in [5.41, 5.74) is 0.226. The van der Waals surface area contributed by atoms with Crippen molar-refractivity contribution < 1.29 is 18.4 Å². The standard InChI is InChI=1S/C17H25N3O5S/c1-18-26(24,25)12-8-9-15(16(11-12)20(22)23)19-10-4-6-14(19)13-5-2-3-7-17(13)21/h8-9,11,13-14,17-18,21H,2-7,10H2,1H3/t13-,14+,17-/m0/s1. The molecule has 2 N–H and O–H groups in total. The van der Waals surface area contributed by atoms with Gasteiger partial charge in [-0.3, -0.25) is 10.1 Å². The molecule has 0 unspecified atom stereocenters. The van der Waals surface area contributed by atoms with E-state index in [2.05, 4.69) is 4.72 Å². The summed E-state index contributed by atoms with van der Waals surface area (Å²) in [6.45, 7) is 0.673. The van der Waals surface area contributed by atoms with E-state index in [9.17, 15) is 23.6 Å². The molecule has 1 aromatic carbocycles. The molecular weight excluding hydrogens is 358 g/mol. The lowest BCUT2D eigenvalue weighted by molar-refractivity contribution is -0.384. The summed E-state index contributed by atoms with van der Waals surface area (Å²) in [4.78, 5) is 12.9. The van der Waals surface area contributed by atoms with Crippen LogP contribution in [0.5, 0.6) is 0 Å². The molecule has 1 aromatic rings. The van der Waals surface area contributed by atoms with E-state index in [1.54, 1.807) is 0 Å².